The average molecular weight is 410 g/mol. The predicted octanol–water partition coefficient (Wildman–Crippen LogP) is 2.92. The number of halogens is 3. The van der Waals surface area contributed by atoms with E-state index < -0.39 is 12.1 Å². The number of nitrogens with one attached hydrogen (secondary N) is 1. The highest BCUT2D eigenvalue weighted by atomic mass is 19.4. The minimum atomic E-state index is -4.68. The third-order valence-electron chi connectivity index (χ3n) is 4.95. The number of piperazine rings is 1. The van der Waals surface area contributed by atoms with Crippen LogP contribution in [-0.4, -0.2) is 56.8 Å². The molecule has 11 heteroatoms. The number of fused-ring (bicyclic) bond motifs is 2. The second-order valence-corrected chi connectivity index (χ2v) is 8.35. The van der Waals surface area contributed by atoms with Gasteiger partial charge in [0.05, 0.1) is 12.1 Å². The molecule has 156 valence electrons. The van der Waals surface area contributed by atoms with Crippen LogP contribution in [0.1, 0.15) is 33.1 Å². The van der Waals surface area contributed by atoms with E-state index >= 15 is 0 Å². The Bertz CT molecular complexity index is 906. The SMILES string of the molecule is CC(C)(C)NC(=O)N1CC2CC1CN2c1ccc(-c2noc(C(F)(F)F)n2)cn1. The molecule has 2 amide bonds. The zero-order valence-corrected chi connectivity index (χ0v) is 16.2. The molecule has 2 bridgehead atoms. The van der Waals surface area contributed by atoms with Gasteiger partial charge in [0.15, 0.2) is 0 Å². The molecule has 2 atom stereocenters. The van der Waals surface area contributed by atoms with Gasteiger partial charge in [-0.3, -0.25) is 0 Å². The minimum absolute atomic E-state index is 0.0643. The predicted molar refractivity (Wildman–Crippen MR) is 97.1 cm³/mol. The lowest BCUT2D eigenvalue weighted by Gasteiger charge is -2.36. The summed E-state index contributed by atoms with van der Waals surface area (Å²) in [7, 11) is 0. The van der Waals surface area contributed by atoms with Gasteiger partial charge < -0.3 is 19.6 Å². The van der Waals surface area contributed by atoms with E-state index in [-0.39, 0.29) is 29.5 Å². The Morgan fingerprint density at radius 3 is 2.48 bits per heavy atom. The Balaban J connectivity index is 1.43. The third kappa shape index (κ3) is 3.85. The highest BCUT2D eigenvalue weighted by Gasteiger charge is 2.46. The van der Waals surface area contributed by atoms with Crippen molar-refractivity contribution in [1.82, 2.24) is 25.3 Å². The summed E-state index contributed by atoms with van der Waals surface area (Å²) in [6.45, 7) is 7.10. The van der Waals surface area contributed by atoms with Crippen molar-refractivity contribution in [2.45, 2.75) is 51.0 Å². The van der Waals surface area contributed by atoms with Crippen LogP contribution in [0.3, 0.4) is 0 Å². The molecule has 1 N–H and O–H groups in total. The zero-order valence-electron chi connectivity index (χ0n) is 16.2. The van der Waals surface area contributed by atoms with Gasteiger partial charge in [0.2, 0.25) is 5.82 Å². The molecule has 0 saturated carbocycles. The number of aromatic nitrogens is 3. The van der Waals surface area contributed by atoms with Gasteiger partial charge >= 0.3 is 18.1 Å². The Morgan fingerprint density at radius 2 is 1.97 bits per heavy atom. The average Bonchev–Trinajstić information content (AvgIpc) is 3.34. The van der Waals surface area contributed by atoms with Gasteiger partial charge in [-0.25, -0.2) is 9.78 Å². The van der Waals surface area contributed by atoms with E-state index in [1.165, 1.54) is 6.20 Å². The Kier molecular flexibility index (Phi) is 4.43. The van der Waals surface area contributed by atoms with Crippen molar-refractivity contribution in [3.63, 3.8) is 0 Å². The number of pyridine rings is 1. The largest absolute Gasteiger partial charge is 0.471 e. The first-order chi connectivity index (χ1) is 13.5. The number of alkyl halides is 3. The number of rotatable bonds is 2. The highest BCUT2D eigenvalue weighted by molar-refractivity contribution is 5.76. The van der Waals surface area contributed by atoms with E-state index in [0.29, 0.717) is 24.5 Å². The number of amides is 2. The maximum absolute atomic E-state index is 12.6. The molecule has 2 fully saturated rings. The fourth-order valence-corrected chi connectivity index (χ4v) is 3.73. The minimum Gasteiger partial charge on any atom is -0.350 e. The molecule has 2 unspecified atom stereocenters. The van der Waals surface area contributed by atoms with Crippen LogP contribution < -0.4 is 10.2 Å². The number of nitrogens with zero attached hydrogens (tertiary/aromatic N) is 5. The highest BCUT2D eigenvalue weighted by Crippen LogP contribution is 2.34. The number of urea groups is 1. The van der Waals surface area contributed by atoms with Crippen molar-refractivity contribution in [3.05, 3.63) is 24.2 Å². The van der Waals surface area contributed by atoms with Gasteiger partial charge in [-0.2, -0.15) is 18.2 Å². The van der Waals surface area contributed by atoms with Gasteiger partial charge in [-0.1, -0.05) is 5.16 Å². The summed E-state index contributed by atoms with van der Waals surface area (Å²) in [6, 6.07) is 3.54. The van der Waals surface area contributed by atoms with Gasteiger partial charge in [0, 0.05) is 30.4 Å². The van der Waals surface area contributed by atoms with Crippen LogP contribution in [0, 0.1) is 0 Å². The summed E-state index contributed by atoms with van der Waals surface area (Å²) in [6.07, 6.45) is -2.39. The molecule has 2 aromatic heterocycles. The van der Waals surface area contributed by atoms with E-state index in [4.69, 9.17) is 0 Å². The number of hydrogen-bond acceptors (Lipinski definition) is 6. The monoisotopic (exact) mass is 410 g/mol. The van der Waals surface area contributed by atoms with Crippen LogP contribution in [-0.2, 0) is 6.18 Å². The van der Waals surface area contributed by atoms with E-state index in [9.17, 15) is 18.0 Å². The molecule has 0 aliphatic carbocycles. The maximum atomic E-state index is 12.6. The smallest absolute Gasteiger partial charge is 0.350 e. The zero-order chi connectivity index (χ0) is 21.0. The lowest BCUT2D eigenvalue weighted by Crippen LogP contribution is -2.55. The van der Waals surface area contributed by atoms with Gasteiger partial charge in [0.25, 0.3) is 0 Å². The fraction of sp³-hybridized carbons (Fsp3) is 0.556. The van der Waals surface area contributed by atoms with Crippen molar-refractivity contribution < 1.29 is 22.5 Å². The normalized spacial score (nSPS) is 21.7. The molecule has 4 rings (SSSR count). The molecule has 29 heavy (non-hydrogen) atoms. The molecule has 0 spiro atoms. The van der Waals surface area contributed by atoms with Crippen molar-refractivity contribution in [1.29, 1.82) is 0 Å². The Hall–Kier alpha value is -2.85. The second kappa shape index (κ2) is 6.60. The molecule has 8 nitrogen and oxygen atoms in total. The number of likely N-dealkylation sites (tertiary alicyclic amines) is 1. The first-order valence-corrected chi connectivity index (χ1v) is 9.24. The molecule has 0 radical (unpaired) electrons. The molecule has 2 aliphatic heterocycles. The van der Waals surface area contributed by atoms with Crippen molar-refractivity contribution in [3.8, 4) is 11.4 Å². The van der Waals surface area contributed by atoms with Crippen molar-refractivity contribution in [2.24, 2.45) is 0 Å². The molecule has 0 aromatic carbocycles. The molecule has 2 saturated heterocycles. The third-order valence-corrected chi connectivity index (χ3v) is 4.95. The molecular weight excluding hydrogens is 389 g/mol. The summed E-state index contributed by atoms with van der Waals surface area (Å²) < 4.78 is 42.1. The number of carbonyl (C=O) groups is 1. The van der Waals surface area contributed by atoms with Crippen LogP contribution in [0.5, 0.6) is 0 Å². The van der Waals surface area contributed by atoms with E-state index in [1.54, 1.807) is 12.1 Å². The van der Waals surface area contributed by atoms with Crippen LogP contribution in [0.15, 0.2) is 22.9 Å². The van der Waals surface area contributed by atoms with Crippen LogP contribution in [0.4, 0.5) is 23.8 Å². The molecule has 4 heterocycles. The van der Waals surface area contributed by atoms with Crippen molar-refractivity contribution >= 4 is 11.8 Å². The molecule has 2 aromatic rings. The second-order valence-electron chi connectivity index (χ2n) is 8.35. The lowest BCUT2D eigenvalue weighted by molar-refractivity contribution is -0.159. The summed E-state index contributed by atoms with van der Waals surface area (Å²) in [5.41, 5.74) is 0.0421. The Morgan fingerprint density at radius 1 is 1.21 bits per heavy atom. The number of hydrogen-bond donors (Lipinski definition) is 1. The molecular formula is C18H21F3N6O2. The first kappa shape index (κ1) is 19.5. The van der Waals surface area contributed by atoms with Crippen LogP contribution >= 0.6 is 0 Å². The van der Waals surface area contributed by atoms with Gasteiger partial charge in [-0.05, 0) is 39.3 Å². The Labute approximate surface area is 165 Å². The summed E-state index contributed by atoms with van der Waals surface area (Å²) in [5, 5.41) is 6.35. The summed E-state index contributed by atoms with van der Waals surface area (Å²) >= 11 is 0. The lowest BCUT2D eigenvalue weighted by atomic mass is 10.1. The standard InChI is InChI=1S/C18H21F3N6O2/c1-17(2,3)24-16(28)27-9-11-6-12(27)8-26(11)13-5-4-10(7-22-13)14-23-15(29-25-14)18(19,20)21/h4-5,7,11-12H,6,8-9H2,1-3H3,(H,24,28). The topological polar surface area (TPSA) is 87.4 Å². The van der Waals surface area contributed by atoms with E-state index in [2.05, 4.69) is 29.9 Å². The van der Waals surface area contributed by atoms with Gasteiger partial charge in [0.1, 0.15) is 5.82 Å². The fourth-order valence-electron chi connectivity index (χ4n) is 3.73. The van der Waals surface area contributed by atoms with Crippen LogP contribution in [0.2, 0.25) is 0 Å². The quantitative estimate of drug-likeness (QED) is 0.819. The van der Waals surface area contributed by atoms with E-state index in [1.807, 2.05) is 25.7 Å². The summed E-state index contributed by atoms with van der Waals surface area (Å²) in [4.78, 5) is 24.2. The number of carbonyl (C=O) groups excluding carboxylic acids is 1. The van der Waals surface area contributed by atoms with Crippen LogP contribution in [0.25, 0.3) is 11.4 Å². The summed E-state index contributed by atoms with van der Waals surface area (Å²) in [5.74, 6) is -0.844. The number of anilines is 1. The van der Waals surface area contributed by atoms with E-state index in [0.717, 1.165) is 6.42 Å². The van der Waals surface area contributed by atoms with Gasteiger partial charge in [-0.15, -0.1) is 0 Å². The first-order valence-electron chi connectivity index (χ1n) is 9.24. The van der Waals surface area contributed by atoms with Crippen molar-refractivity contribution in [2.75, 3.05) is 18.0 Å². The molecule has 2 aliphatic rings. The maximum Gasteiger partial charge on any atom is 0.471 e.